The van der Waals surface area contributed by atoms with Gasteiger partial charge in [-0.05, 0) is 55.1 Å². The first-order chi connectivity index (χ1) is 15.5. The number of likely N-dealkylation sites (tertiary alicyclic amines) is 1. The predicted molar refractivity (Wildman–Crippen MR) is 117 cm³/mol. The molecule has 1 spiro atoms. The van der Waals surface area contributed by atoms with Gasteiger partial charge in [-0.25, -0.2) is 4.39 Å². The highest BCUT2D eigenvalue weighted by Crippen LogP contribution is 2.56. The molecule has 3 heterocycles. The molecule has 0 radical (unpaired) electrons. The number of benzene rings is 2. The molecule has 3 aromatic rings. The standard InChI is InChI=1S/C25H22FN3O3/c1-29-14-18(15-6-8-16(26)9-7-15)22(23(30)21-5-3-4-12-27-21)25(29)19-13-17(32-2)10-11-20(19)28-24(25)31/h3-13,18,22H,14H2,1-2H3,(H,28,31)/t18-,22+,25+/m0/s1. The van der Waals surface area contributed by atoms with Gasteiger partial charge in [0.2, 0.25) is 5.91 Å². The van der Waals surface area contributed by atoms with Crippen LogP contribution >= 0.6 is 0 Å². The fourth-order valence-electron chi connectivity index (χ4n) is 5.22. The SMILES string of the molecule is COc1ccc2c(c1)[C@]1(C(=O)N2)[C@@H](C(=O)c2ccccn2)[C@H](c2ccc(F)cc2)CN1C. The predicted octanol–water partition coefficient (Wildman–Crippen LogP) is 3.61. The lowest BCUT2D eigenvalue weighted by molar-refractivity contribution is -0.126. The second kappa shape index (κ2) is 7.53. The highest BCUT2D eigenvalue weighted by atomic mass is 19.1. The van der Waals surface area contributed by atoms with E-state index >= 15 is 0 Å². The molecule has 1 fully saturated rings. The normalized spacial score (nSPS) is 24.4. The number of aromatic nitrogens is 1. The van der Waals surface area contributed by atoms with Crippen molar-refractivity contribution in [3.63, 3.8) is 0 Å². The van der Waals surface area contributed by atoms with Gasteiger partial charge in [-0.1, -0.05) is 18.2 Å². The van der Waals surface area contributed by atoms with E-state index in [2.05, 4.69) is 10.3 Å². The first kappa shape index (κ1) is 20.3. The highest BCUT2D eigenvalue weighted by Gasteiger charge is 2.64. The minimum Gasteiger partial charge on any atom is -0.497 e. The molecule has 2 aromatic carbocycles. The fraction of sp³-hybridized carbons (Fsp3) is 0.240. The summed E-state index contributed by atoms with van der Waals surface area (Å²) in [5, 5.41) is 2.96. The van der Waals surface area contributed by atoms with Crippen molar-refractivity contribution in [2.45, 2.75) is 11.5 Å². The molecule has 0 saturated carbocycles. The zero-order valence-corrected chi connectivity index (χ0v) is 17.7. The Morgan fingerprint density at radius 1 is 1.19 bits per heavy atom. The van der Waals surface area contributed by atoms with Crippen LogP contribution in [0.2, 0.25) is 0 Å². The van der Waals surface area contributed by atoms with E-state index in [1.54, 1.807) is 55.8 Å². The lowest BCUT2D eigenvalue weighted by Crippen LogP contribution is -2.51. The summed E-state index contributed by atoms with van der Waals surface area (Å²) in [7, 11) is 3.41. The number of Topliss-reactive ketones (excluding diaryl/α,β-unsaturated/α-hetero) is 1. The summed E-state index contributed by atoms with van der Waals surface area (Å²) in [6, 6.07) is 16.7. The summed E-state index contributed by atoms with van der Waals surface area (Å²) in [6.07, 6.45) is 1.57. The molecule has 0 bridgehead atoms. The van der Waals surface area contributed by atoms with Crippen LogP contribution in [-0.2, 0) is 10.3 Å². The number of ketones is 1. The summed E-state index contributed by atoms with van der Waals surface area (Å²) in [5.41, 5.74) is 1.21. The van der Waals surface area contributed by atoms with Gasteiger partial charge in [-0.15, -0.1) is 0 Å². The number of anilines is 1. The summed E-state index contributed by atoms with van der Waals surface area (Å²) in [6.45, 7) is 0.443. The van der Waals surface area contributed by atoms with Crippen molar-refractivity contribution in [2.75, 3.05) is 26.0 Å². The van der Waals surface area contributed by atoms with Crippen LogP contribution in [0.25, 0.3) is 0 Å². The maximum atomic E-state index is 13.9. The molecule has 7 heteroatoms. The van der Waals surface area contributed by atoms with Crippen molar-refractivity contribution in [2.24, 2.45) is 5.92 Å². The number of amides is 1. The molecule has 0 aliphatic carbocycles. The van der Waals surface area contributed by atoms with E-state index in [0.717, 1.165) is 5.56 Å². The Hall–Kier alpha value is -3.58. The average Bonchev–Trinajstić information content (AvgIpc) is 3.29. The van der Waals surface area contributed by atoms with Gasteiger partial charge in [0.25, 0.3) is 0 Å². The number of methoxy groups -OCH3 is 1. The summed E-state index contributed by atoms with van der Waals surface area (Å²) in [5.74, 6) is -1.34. The minimum absolute atomic E-state index is 0.227. The van der Waals surface area contributed by atoms with Gasteiger partial charge in [-0.2, -0.15) is 0 Å². The number of hydrogen-bond acceptors (Lipinski definition) is 5. The number of carbonyl (C=O) groups is 2. The van der Waals surface area contributed by atoms with Crippen molar-refractivity contribution in [1.82, 2.24) is 9.88 Å². The lowest BCUT2D eigenvalue weighted by atomic mass is 9.71. The molecule has 2 aliphatic heterocycles. The summed E-state index contributed by atoms with van der Waals surface area (Å²) in [4.78, 5) is 33.8. The second-order valence-corrected chi connectivity index (χ2v) is 8.23. The molecule has 32 heavy (non-hydrogen) atoms. The number of hydrogen-bond donors (Lipinski definition) is 1. The minimum atomic E-state index is -1.24. The molecular formula is C25H22FN3O3. The third-order valence-electron chi connectivity index (χ3n) is 6.65. The third kappa shape index (κ3) is 2.85. The molecule has 3 atom stereocenters. The monoisotopic (exact) mass is 431 g/mol. The first-order valence-electron chi connectivity index (χ1n) is 10.4. The summed E-state index contributed by atoms with van der Waals surface area (Å²) >= 11 is 0. The fourth-order valence-corrected chi connectivity index (χ4v) is 5.22. The summed E-state index contributed by atoms with van der Waals surface area (Å²) < 4.78 is 19.1. The largest absolute Gasteiger partial charge is 0.497 e. The van der Waals surface area contributed by atoms with Crippen LogP contribution in [0.1, 0.15) is 27.5 Å². The quantitative estimate of drug-likeness (QED) is 0.639. The number of nitrogens with zero attached hydrogens (tertiary/aromatic N) is 2. The van der Waals surface area contributed by atoms with Crippen LogP contribution in [-0.4, -0.2) is 42.3 Å². The number of carbonyl (C=O) groups excluding carboxylic acids is 2. The number of pyridine rings is 1. The van der Waals surface area contributed by atoms with E-state index in [1.807, 2.05) is 18.0 Å². The topological polar surface area (TPSA) is 71.5 Å². The van der Waals surface area contributed by atoms with Crippen molar-refractivity contribution >= 4 is 17.4 Å². The Bertz CT molecular complexity index is 1200. The number of likely N-dealkylation sites (N-methyl/N-ethyl adjacent to an activating group) is 1. The molecule has 162 valence electrons. The van der Waals surface area contributed by atoms with Gasteiger partial charge in [0, 0.05) is 29.9 Å². The number of fused-ring (bicyclic) bond motifs is 2. The number of nitrogens with one attached hydrogen (secondary N) is 1. The highest BCUT2D eigenvalue weighted by molar-refractivity contribution is 6.12. The molecular weight excluding hydrogens is 409 g/mol. The van der Waals surface area contributed by atoms with Gasteiger partial charge in [0.15, 0.2) is 5.78 Å². The van der Waals surface area contributed by atoms with E-state index in [1.165, 1.54) is 12.1 Å². The zero-order valence-electron chi connectivity index (χ0n) is 17.7. The Kier molecular flexibility index (Phi) is 4.78. The maximum absolute atomic E-state index is 13.9. The lowest BCUT2D eigenvalue weighted by Gasteiger charge is -2.35. The number of rotatable bonds is 4. The van der Waals surface area contributed by atoms with Crippen molar-refractivity contribution in [1.29, 1.82) is 0 Å². The van der Waals surface area contributed by atoms with E-state index in [-0.39, 0.29) is 23.4 Å². The van der Waals surface area contributed by atoms with Gasteiger partial charge in [0.1, 0.15) is 22.8 Å². The molecule has 1 saturated heterocycles. The second-order valence-electron chi connectivity index (χ2n) is 8.23. The maximum Gasteiger partial charge on any atom is 0.250 e. The van der Waals surface area contributed by atoms with Crippen LogP contribution in [0, 0.1) is 11.7 Å². The van der Waals surface area contributed by atoms with Gasteiger partial charge in [-0.3, -0.25) is 19.5 Å². The Balaban J connectivity index is 1.74. The van der Waals surface area contributed by atoms with Crippen LogP contribution in [0.3, 0.4) is 0 Å². The average molecular weight is 431 g/mol. The van der Waals surface area contributed by atoms with Crippen LogP contribution < -0.4 is 10.1 Å². The van der Waals surface area contributed by atoms with Crippen LogP contribution in [0.5, 0.6) is 5.75 Å². The molecule has 0 unspecified atom stereocenters. The third-order valence-corrected chi connectivity index (χ3v) is 6.65. The molecule has 1 amide bonds. The Morgan fingerprint density at radius 3 is 2.66 bits per heavy atom. The van der Waals surface area contributed by atoms with Crippen LogP contribution in [0.15, 0.2) is 66.9 Å². The van der Waals surface area contributed by atoms with Gasteiger partial charge < -0.3 is 10.1 Å². The molecule has 1 aromatic heterocycles. The van der Waals surface area contributed by atoms with Crippen molar-refractivity contribution < 1.29 is 18.7 Å². The van der Waals surface area contributed by atoms with E-state index in [0.29, 0.717) is 29.2 Å². The number of halogens is 1. The van der Waals surface area contributed by atoms with Gasteiger partial charge >= 0.3 is 0 Å². The first-order valence-corrected chi connectivity index (χ1v) is 10.4. The Morgan fingerprint density at radius 2 is 1.97 bits per heavy atom. The van der Waals surface area contributed by atoms with E-state index in [4.69, 9.17) is 4.74 Å². The molecule has 5 rings (SSSR count). The van der Waals surface area contributed by atoms with E-state index < -0.39 is 11.5 Å². The molecule has 6 nitrogen and oxygen atoms in total. The molecule has 2 aliphatic rings. The number of ether oxygens (including phenoxy) is 1. The Labute approximate surface area is 185 Å². The molecule has 1 N–H and O–H groups in total. The van der Waals surface area contributed by atoms with Crippen molar-refractivity contribution in [3.8, 4) is 5.75 Å². The van der Waals surface area contributed by atoms with Gasteiger partial charge in [0.05, 0.1) is 13.0 Å². The smallest absolute Gasteiger partial charge is 0.250 e. The zero-order chi connectivity index (χ0) is 22.5. The van der Waals surface area contributed by atoms with Crippen LogP contribution in [0.4, 0.5) is 10.1 Å². The van der Waals surface area contributed by atoms with Crippen molar-refractivity contribution in [3.05, 3.63) is 89.5 Å². The van der Waals surface area contributed by atoms with E-state index in [9.17, 15) is 14.0 Å².